The summed E-state index contributed by atoms with van der Waals surface area (Å²) >= 11 is 1.57. The summed E-state index contributed by atoms with van der Waals surface area (Å²) < 4.78 is 11.3. The molecule has 1 aromatic carbocycles. The van der Waals surface area contributed by atoms with Crippen molar-refractivity contribution < 1.29 is 19.4 Å². The quantitative estimate of drug-likeness (QED) is 0.785. The Bertz CT molecular complexity index is 524. The molecule has 2 unspecified atom stereocenters. The molecule has 1 aliphatic heterocycles. The van der Waals surface area contributed by atoms with Gasteiger partial charge < -0.3 is 19.5 Å². The van der Waals surface area contributed by atoms with Crippen LogP contribution in [0.25, 0.3) is 0 Å². The molecule has 0 amide bonds. The van der Waals surface area contributed by atoms with Gasteiger partial charge in [-0.3, -0.25) is 10.1 Å². The SMILES string of the molecule is COc1cccc(C2NC(C(=O)O)CS2)c1OCCN(C)C. The van der Waals surface area contributed by atoms with E-state index in [-0.39, 0.29) is 5.37 Å². The third-order valence-electron chi connectivity index (χ3n) is 3.38. The lowest BCUT2D eigenvalue weighted by Gasteiger charge is -2.20. The fourth-order valence-corrected chi connectivity index (χ4v) is 3.43. The maximum absolute atomic E-state index is 11.1. The largest absolute Gasteiger partial charge is 0.493 e. The zero-order valence-corrected chi connectivity index (χ0v) is 13.9. The monoisotopic (exact) mass is 326 g/mol. The van der Waals surface area contributed by atoms with E-state index in [4.69, 9.17) is 14.6 Å². The zero-order chi connectivity index (χ0) is 16.1. The van der Waals surface area contributed by atoms with Crippen LogP contribution in [0.5, 0.6) is 11.5 Å². The lowest BCUT2D eigenvalue weighted by Crippen LogP contribution is -2.33. The maximum Gasteiger partial charge on any atom is 0.321 e. The summed E-state index contributed by atoms with van der Waals surface area (Å²) in [4.78, 5) is 13.1. The van der Waals surface area contributed by atoms with Crippen LogP contribution in [0.1, 0.15) is 10.9 Å². The lowest BCUT2D eigenvalue weighted by molar-refractivity contribution is -0.138. The van der Waals surface area contributed by atoms with Crippen molar-refractivity contribution >= 4 is 17.7 Å². The molecule has 0 saturated carbocycles. The van der Waals surface area contributed by atoms with E-state index in [1.54, 1.807) is 18.9 Å². The molecule has 22 heavy (non-hydrogen) atoms. The van der Waals surface area contributed by atoms with Gasteiger partial charge in [0.15, 0.2) is 11.5 Å². The second-order valence-corrected chi connectivity index (χ2v) is 6.44. The highest BCUT2D eigenvalue weighted by Gasteiger charge is 2.32. The van der Waals surface area contributed by atoms with Crippen molar-refractivity contribution in [3.63, 3.8) is 0 Å². The summed E-state index contributed by atoms with van der Waals surface area (Å²) in [6.45, 7) is 1.33. The van der Waals surface area contributed by atoms with E-state index in [0.717, 1.165) is 12.1 Å². The molecular formula is C15H22N2O4S. The Balaban J connectivity index is 2.17. The van der Waals surface area contributed by atoms with Gasteiger partial charge in [0.05, 0.1) is 12.5 Å². The summed E-state index contributed by atoms with van der Waals surface area (Å²) in [7, 11) is 5.57. The van der Waals surface area contributed by atoms with Crippen LogP contribution < -0.4 is 14.8 Å². The smallest absolute Gasteiger partial charge is 0.321 e. The third-order valence-corrected chi connectivity index (χ3v) is 4.63. The molecule has 0 radical (unpaired) electrons. The van der Waals surface area contributed by atoms with E-state index in [1.807, 2.05) is 37.2 Å². The summed E-state index contributed by atoms with van der Waals surface area (Å²) in [5.74, 6) is 1.06. The molecule has 2 rings (SSSR count). The molecule has 1 aliphatic rings. The van der Waals surface area contributed by atoms with Gasteiger partial charge in [-0.1, -0.05) is 12.1 Å². The first-order chi connectivity index (χ1) is 10.5. The van der Waals surface area contributed by atoms with Gasteiger partial charge >= 0.3 is 5.97 Å². The highest BCUT2D eigenvalue weighted by atomic mass is 32.2. The summed E-state index contributed by atoms with van der Waals surface area (Å²) in [5, 5.41) is 12.1. The number of carboxylic acid groups (broad SMARTS) is 1. The molecule has 1 aromatic rings. The van der Waals surface area contributed by atoms with Crippen LogP contribution in [0.15, 0.2) is 18.2 Å². The number of para-hydroxylation sites is 1. The van der Waals surface area contributed by atoms with Gasteiger partial charge in [0.2, 0.25) is 0 Å². The summed E-state index contributed by atoms with van der Waals surface area (Å²) in [6.07, 6.45) is 0. The molecule has 0 aliphatic carbocycles. The Morgan fingerprint density at radius 3 is 2.86 bits per heavy atom. The first-order valence-corrected chi connectivity index (χ1v) is 8.12. The number of thioether (sulfide) groups is 1. The van der Waals surface area contributed by atoms with Crippen LogP contribution in [0.3, 0.4) is 0 Å². The summed E-state index contributed by atoms with van der Waals surface area (Å²) in [5.41, 5.74) is 0.923. The van der Waals surface area contributed by atoms with E-state index in [2.05, 4.69) is 5.32 Å². The lowest BCUT2D eigenvalue weighted by atomic mass is 10.1. The number of methoxy groups -OCH3 is 1. The van der Waals surface area contributed by atoms with E-state index in [0.29, 0.717) is 23.9 Å². The number of hydrogen-bond acceptors (Lipinski definition) is 6. The Morgan fingerprint density at radius 2 is 2.27 bits per heavy atom. The van der Waals surface area contributed by atoms with Crippen LogP contribution in [0, 0.1) is 0 Å². The van der Waals surface area contributed by atoms with Crippen LogP contribution in [0.4, 0.5) is 0 Å². The van der Waals surface area contributed by atoms with Crippen molar-refractivity contribution in [3.05, 3.63) is 23.8 Å². The fourth-order valence-electron chi connectivity index (χ4n) is 2.18. The number of aliphatic carboxylic acids is 1. The molecule has 1 heterocycles. The van der Waals surface area contributed by atoms with Crippen molar-refractivity contribution in [2.45, 2.75) is 11.4 Å². The number of benzene rings is 1. The van der Waals surface area contributed by atoms with Crippen molar-refractivity contribution in [1.29, 1.82) is 0 Å². The molecule has 0 spiro atoms. The number of carbonyl (C=O) groups is 1. The van der Waals surface area contributed by atoms with E-state index < -0.39 is 12.0 Å². The second kappa shape index (κ2) is 7.71. The number of nitrogens with zero attached hydrogens (tertiary/aromatic N) is 1. The van der Waals surface area contributed by atoms with Gasteiger partial charge in [0.25, 0.3) is 0 Å². The Labute approximate surface area is 134 Å². The highest BCUT2D eigenvalue weighted by Crippen LogP contribution is 2.42. The average Bonchev–Trinajstić information content (AvgIpc) is 2.96. The van der Waals surface area contributed by atoms with Gasteiger partial charge in [-0.05, 0) is 20.2 Å². The van der Waals surface area contributed by atoms with E-state index in [9.17, 15) is 4.79 Å². The molecule has 1 saturated heterocycles. The average molecular weight is 326 g/mol. The third kappa shape index (κ3) is 4.06. The number of ether oxygens (including phenoxy) is 2. The van der Waals surface area contributed by atoms with Gasteiger partial charge in [0.1, 0.15) is 12.6 Å². The van der Waals surface area contributed by atoms with Crippen LogP contribution in [-0.4, -0.2) is 62.1 Å². The maximum atomic E-state index is 11.1. The first-order valence-electron chi connectivity index (χ1n) is 7.07. The van der Waals surface area contributed by atoms with Crippen LogP contribution in [0.2, 0.25) is 0 Å². The highest BCUT2D eigenvalue weighted by molar-refractivity contribution is 7.99. The molecule has 2 N–H and O–H groups in total. The fraction of sp³-hybridized carbons (Fsp3) is 0.533. The predicted molar refractivity (Wildman–Crippen MR) is 86.8 cm³/mol. The molecule has 122 valence electrons. The van der Waals surface area contributed by atoms with Crippen molar-refractivity contribution in [2.75, 3.05) is 40.1 Å². The predicted octanol–water partition coefficient (Wildman–Crippen LogP) is 1.42. The Kier molecular flexibility index (Phi) is 5.93. The van der Waals surface area contributed by atoms with E-state index >= 15 is 0 Å². The van der Waals surface area contributed by atoms with E-state index in [1.165, 1.54) is 0 Å². The van der Waals surface area contributed by atoms with Gasteiger partial charge in [-0.15, -0.1) is 11.8 Å². The minimum Gasteiger partial charge on any atom is -0.493 e. The topological polar surface area (TPSA) is 71.0 Å². The first kappa shape index (κ1) is 16.9. The van der Waals surface area contributed by atoms with Gasteiger partial charge in [-0.2, -0.15) is 0 Å². The van der Waals surface area contributed by atoms with Crippen molar-refractivity contribution in [2.24, 2.45) is 0 Å². The zero-order valence-electron chi connectivity index (χ0n) is 13.0. The summed E-state index contributed by atoms with van der Waals surface area (Å²) in [6, 6.07) is 5.16. The molecule has 0 bridgehead atoms. The number of likely N-dealkylation sites (N-methyl/N-ethyl adjacent to an activating group) is 1. The Hall–Kier alpha value is -1.44. The molecule has 0 aromatic heterocycles. The number of hydrogen-bond donors (Lipinski definition) is 2. The standard InChI is InChI=1S/C15H22N2O4S/c1-17(2)7-8-21-13-10(5-4-6-12(13)20-3)14-16-11(9-22-14)15(18)19/h4-6,11,14,16H,7-9H2,1-3H3,(H,18,19). The second-order valence-electron chi connectivity index (χ2n) is 5.30. The van der Waals surface area contributed by atoms with Gasteiger partial charge in [0, 0.05) is 17.9 Å². The van der Waals surface area contributed by atoms with Crippen molar-refractivity contribution in [1.82, 2.24) is 10.2 Å². The normalized spacial score (nSPS) is 21.1. The van der Waals surface area contributed by atoms with Crippen LogP contribution in [-0.2, 0) is 4.79 Å². The molecule has 6 nitrogen and oxygen atoms in total. The molecule has 7 heteroatoms. The van der Waals surface area contributed by atoms with Crippen LogP contribution >= 0.6 is 11.8 Å². The number of rotatable bonds is 7. The Morgan fingerprint density at radius 1 is 1.50 bits per heavy atom. The van der Waals surface area contributed by atoms with Crippen molar-refractivity contribution in [3.8, 4) is 11.5 Å². The molecule has 1 fully saturated rings. The molecular weight excluding hydrogens is 304 g/mol. The minimum absolute atomic E-state index is 0.106. The minimum atomic E-state index is -0.826. The number of nitrogens with one attached hydrogen (secondary N) is 1. The van der Waals surface area contributed by atoms with Gasteiger partial charge in [-0.25, -0.2) is 0 Å². The molecule has 2 atom stereocenters. The number of carboxylic acids is 1.